The first kappa shape index (κ1) is 26.7. The number of nitrogens with two attached hydrogens (primary N) is 3. The number of para-hydroxylation sites is 3. The van der Waals surface area contributed by atoms with Crippen molar-refractivity contribution in [2.45, 2.75) is 58.9 Å². The highest BCUT2D eigenvalue weighted by Gasteiger charge is 2.31. The molecule has 0 bridgehead atoms. The van der Waals surface area contributed by atoms with Crippen LogP contribution in [-0.2, 0) is 0 Å². The van der Waals surface area contributed by atoms with Gasteiger partial charge in [0.05, 0.1) is 24.2 Å². The fourth-order valence-electron chi connectivity index (χ4n) is 4.60. The van der Waals surface area contributed by atoms with Crippen molar-refractivity contribution in [2.24, 2.45) is 0 Å². The maximum absolute atomic E-state index is 6.98. The van der Waals surface area contributed by atoms with Crippen LogP contribution in [0.3, 0.4) is 0 Å². The highest BCUT2D eigenvalue weighted by atomic mass is 31.1. The van der Waals surface area contributed by atoms with E-state index < -0.39 is 32.1 Å². The van der Waals surface area contributed by atoms with Crippen molar-refractivity contribution >= 4 is 80.7 Å². The van der Waals surface area contributed by atoms with E-state index >= 15 is 0 Å². The smallest absolute Gasteiger partial charge is 0.0803 e. The van der Waals surface area contributed by atoms with Crippen molar-refractivity contribution in [3.05, 3.63) is 54.6 Å². The van der Waals surface area contributed by atoms with E-state index in [1.807, 2.05) is 0 Å². The van der Waals surface area contributed by atoms with Gasteiger partial charge in [0.15, 0.2) is 0 Å². The minimum Gasteiger partial charge on any atom is -0.398 e. The van der Waals surface area contributed by atoms with Gasteiger partial charge >= 0.3 is 0 Å². The predicted molar refractivity (Wildman–Crippen MR) is 167 cm³/mol. The standard InChI is InChI=1S/C27H42N3PSi3/c1-32(2,3)22-16-10-13-19(25(22)28)31(20-14-11-17-23(26(20)29)33(4,5)6)21-15-12-18-24(27(21)30)34(7,8)9/h10-18H,28-30H2,1-9H3. The van der Waals surface area contributed by atoms with Gasteiger partial charge in [0.1, 0.15) is 0 Å². The average molecular weight is 524 g/mol. The van der Waals surface area contributed by atoms with Crippen LogP contribution in [0.1, 0.15) is 0 Å². The van der Waals surface area contributed by atoms with Crippen molar-refractivity contribution < 1.29 is 0 Å². The van der Waals surface area contributed by atoms with Gasteiger partial charge in [-0.3, -0.25) is 0 Å². The first-order chi connectivity index (χ1) is 15.5. The minimum atomic E-state index is -1.63. The lowest BCUT2D eigenvalue weighted by Gasteiger charge is -2.30. The number of benzene rings is 3. The Morgan fingerprint density at radius 2 is 0.676 bits per heavy atom. The summed E-state index contributed by atoms with van der Waals surface area (Å²) in [6, 6.07) is 19.7. The second-order valence-corrected chi connectivity index (χ2v) is 29.5. The monoisotopic (exact) mass is 523 g/mol. The van der Waals surface area contributed by atoms with E-state index in [1.165, 1.54) is 31.5 Å². The first-order valence-corrected chi connectivity index (χ1v) is 23.9. The number of anilines is 3. The van der Waals surface area contributed by atoms with Crippen molar-refractivity contribution in [2.75, 3.05) is 17.2 Å². The minimum absolute atomic E-state index is 0.920. The Hall–Kier alpha value is -1.86. The largest absolute Gasteiger partial charge is 0.398 e. The van der Waals surface area contributed by atoms with Gasteiger partial charge in [0.2, 0.25) is 0 Å². The van der Waals surface area contributed by atoms with Crippen LogP contribution in [-0.4, -0.2) is 24.2 Å². The fourth-order valence-corrected chi connectivity index (χ4v) is 12.1. The number of hydrogen-bond acceptors (Lipinski definition) is 3. The topological polar surface area (TPSA) is 78.1 Å². The van der Waals surface area contributed by atoms with Crippen molar-refractivity contribution in [3.8, 4) is 0 Å². The Morgan fingerprint density at radius 3 is 0.882 bits per heavy atom. The van der Waals surface area contributed by atoms with Crippen molar-refractivity contribution in [3.63, 3.8) is 0 Å². The van der Waals surface area contributed by atoms with E-state index in [1.54, 1.807) is 0 Å². The molecule has 3 rings (SSSR count). The lowest BCUT2D eigenvalue weighted by molar-refractivity contribution is 1.68. The molecule has 0 atom stereocenters. The Kier molecular flexibility index (Phi) is 7.32. The zero-order chi connectivity index (χ0) is 25.6. The van der Waals surface area contributed by atoms with E-state index in [2.05, 4.69) is 114 Å². The van der Waals surface area contributed by atoms with Crippen molar-refractivity contribution in [1.82, 2.24) is 0 Å². The van der Waals surface area contributed by atoms with Gasteiger partial charge < -0.3 is 17.2 Å². The SMILES string of the molecule is C[Si](C)(C)c1cccc(P(c2cccc([Si](C)(C)C)c2N)c2cccc([Si](C)(C)C)c2N)c1N. The summed E-state index contributed by atoms with van der Waals surface area (Å²) in [5, 5.41) is 7.43. The molecule has 0 aliphatic carbocycles. The average Bonchev–Trinajstić information content (AvgIpc) is 2.69. The number of hydrogen-bond donors (Lipinski definition) is 3. The van der Waals surface area contributed by atoms with Gasteiger partial charge in [-0.25, -0.2) is 0 Å². The van der Waals surface area contributed by atoms with Crippen LogP contribution in [0.15, 0.2) is 54.6 Å². The van der Waals surface area contributed by atoms with Gasteiger partial charge in [-0.15, -0.1) is 0 Å². The second kappa shape index (κ2) is 9.30. The molecule has 0 amide bonds. The third-order valence-corrected chi connectivity index (χ3v) is 15.2. The van der Waals surface area contributed by atoms with Crippen LogP contribution in [0.25, 0.3) is 0 Å². The summed E-state index contributed by atoms with van der Waals surface area (Å²) in [4.78, 5) is 0. The summed E-state index contributed by atoms with van der Waals surface area (Å²) in [7, 11) is -5.89. The quantitative estimate of drug-likeness (QED) is 0.261. The fraction of sp³-hybridized carbons (Fsp3) is 0.333. The Balaban J connectivity index is 2.43. The first-order valence-electron chi connectivity index (χ1n) is 12.0. The molecule has 3 nitrogen and oxygen atoms in total. The summed E-state index contributed by atoms with van der Waals surface area (Å²) in [6.45, 7) is 21.2. The lowest BCUT2D eigenvalue weighted by atomic mass is 10.3. The van der Waals surface area contributed by atoms with Crippen LogP contribution in [0.2, 0.25) is 58.9 Å². The Labute approximate surface area is 210 Å². The van der Waals surface area contributed by atoms with Crippen molar-refractivity contribution in [1.29, 1.82) is 0 Å². The molecule has 0 aromatic heterocycles. The zero-order valence-electron chi connectivity index (χ0n) is 22.4. The highest BCUT2D eigenvalue weighted by molar-refractivity contribution is 7.80. The van der Waals surface area contributed by atoms with Crippen LogP contribution in [0.5, 0.6) is 0 Å². The van der Waals surface area contributed by atoms with Gasteiger partial charge in [0.25, 0.3) is 0 Å². The van der Waals surface area contributed by atoms with E-state index in [-0.39, 0.29) is 0 Å². The normalized spacial score (nSPS) is 12.9. The number of rotatable bonds is 6. The van der Waals surface area contributed by atoms with Crippen LogP contribution >= 0.6 is 7.92 Å². The molecule has 0 heterocycles. The molecular formula is C27H42N3PSi3. The summed E-state index contributed by atoms with van der Waals surface area (Å²) in [6.07, 6.45) is 0. The number of nitrogen functional groups attached to an aromatic ring is 3. The molecule has 0 aliphatic rings. The molecule has 34 heavy (non-hydrogen) atoms. The molecule has 0 fully saturated rings. The van der Waals surface area contributed by atoms with E-state index in [4.69, 9.17) is 17.2 Å². The van der Waals surface area contributed by atoms with Crippen LogP contribution in [0.4, 0.5) is 17.1 Å². The second-order valence-electron chi connectivity index (χ2n) is 12.3. The molecule has 7 heteroatoms. The van der Waals surface area contributed by atoms with Crippen LogP contribution in [0, 0.1) is 0 Å². The van der Waals surface area contributed by atoms with Crippen LogP contribution < -0.4 is 48.7 Å². The molecule has 0 saturated carbocycles. The molecular weight excluding hydrogens is 482 g/mol. The van der Waals surface area contributed by atoms with Gasteiger partial charge in [-0.2, -0.15) is 0 Å². The molecule has 3 aromatic rings. The maximum atomic E-state index is 6.98. The molecule has 182 valence electrons. The molecule has 0 aliphatic heterocycles. The third-order valence-electron chi connectivity index (χ3n) is 6.40. The Bertz CT molecular complexity index is 1050. The zero-order valence-corrected chi connectivity index (χ0v) is 26.3. The summed E-state index contributed by atoms with van der Waals surface area (Å²) < 4.78 is 0. The van der Waals surface area contributed by atoms with Gasteiger partial charge in [0, 0.05) is 33.0 Å². The van der Waals surface area contributed by atoms with E-state index in [0.717, 1.165) is 17.1 Å². The molecule has 0 spiro atoms. The molecule has 0 radical (unpaired) electrons. The predicted octanol–water partition coefficient (Wildman–Crippen LogP) is 3.83. The maximum Gasteiger partial charge on any atom is 0.0803 e. The van der Waals surface area contributed by atoms with Gasteiger partial charge in [-0.1, -0.05) is 114 Å². The Morgan fingerprint density at radius 1 is 0.441 bits per heavy atom. The molecule has 6 N–H and O–H groups in total. The highest BCUT2D eigenvalue weighted by Crippen LogP contribution is 2.38. The summed E-state index contributed by atoms with van der Waals surface area (Å²) >= 11 is 0. The summed E-state index contributed by atoms with van der Waals surface area (Å²) in [5.74, 6) is 0. The van der Waals surface area contributed by atoms with Gasteiger partial charge in [-0.05, 0) is 23.5 Å². The molecule has 3 aromatic carbocycles. The summed E-state index contributed by atoms with van der Waals surface area (Å²) in [5.41, 5.74) is 23.7. The van der Waals surface area contributed by atoms with E-state index in [9.17, 15) is 0 Å². The lowest BCUT2D eigenvalue weighted by Crippen LogP contribution is -2.45. The van der Waals surface area contributed by atoms with E-state index in [0.29, 0.717) is 0 Å². The third kappa shape index (κ3) is 5.20. The molecule has 0 unspecified atom stereocenters. The molecule has 0 saturated heterocycles.